The summed E-state index contributed by atoms with van der Waals surface area (Å²) < 4.78 is 2.76. The summed E-state index contributed by atoms with van der Waals surface area (Å²) in [4.78, 5) is 18.5. The molecule has 0 unspecified atom stereocenters. The van der Waals surface area contributed by atoms with Gasteiger partial charge in [-0.1, -0.05) is 81.3 Å². The van der Waals surface area contributed by atoms with E-state index in [4.69, 9.17) is 21.7 Å². The molecule has 0 saturated heterocycles. The average molecular weight is 595 g/mol. The lowest BCUT2D eigenvalue weighted by Crippen LogP contribution is -2.31. The largest absolute Gasteiger partial charge is 0.328 e. The smallest absolute Gasteiger partial charge is 0.255 e. The van der Waals surface area contributed by atoms with Crippen molar-refractivity contribution in [2.75, 3.05) is 10.6 Å². The molecule has 9 heteroatoms. The lowest BCUT2D eigenvalue weighted by molar-refractivity contribution is -0.113. The summed E-state index contributed by atoms with van der Waals surface area (Å²) in [7, 11) is 0. The number of nitrogens with one attached hydrogen (secondary N) is 2. The zero-order valence-electron chi connectivity index (χ0n) is 20.5. The number of halogens is 2. The van der Waals surface area contributed by atoms with Crippen LogP contribution in [-0.4, -0.2) is 20.7 Å². The van der Waals surface area contributed by atoms with E-state index in [1.54, 1.807) is 4.68 Å². The minimum Gasteiger partial charge on any atom is -0.328 e. The van der Waals surface area contributed by atoms with Crippen LogP contribution in [0.4, 0.5) is 11.6 Å². The fourth-order valence-electron chi connectivity index (χ4n) is 4.36. The van der Waals surface area contributed by atoms with Crippen molar-refractivity contribution in [1.29, 1.82) is 0 Å². The van der Waals surface area contributed by atoms with E-state index in [-0.39, 0.29) is 5.91 Å². The fourth-order valence-corrected chi connectivity index (χ4v) is 5.61. The van der Waals surface area contributed by atoms with Gasteiger partial charge in [0.1, 0.15) is 6.04 Å². The number of hydrogen-bond donors (Lipinski definition) is 2. The van der Waals surface area contributed by atoms with Gasteiger partial charge in [-0.05, 0) is 67.8 Å². The third-order valence-corrected chi connectivity index (χ3v) is 7.82. The van der Waals surface area contributed by atoms with Crippen LogP contribution in [0.25, 0.3) is 0 Å². The molecule has 37 heavy (non-hydrogen) atoms. The van der Waals surface area contributed by atoms with E-state index in [9.17, 15) is 4.79 Å². The van der Waals surface area contributed by atoms with Gasteiger partial charge in [-0.2, -0.15) is 4.98 Å². The summed E-state index contributed by atoms with van der Waals surface area (Å²) in [5.74, 6) is 1.10. The van der Waals surface area contributed by atoms with Crippen LogP contribution in [-0.2, 0) is 10.5 Å². The first-order valence-electron chi connectivity index (χ1n) is 11.7. The van der Waals surface area contributed by atoms with Gasteiger partial charge in [-0.15, -0.1) is 5.10 Å². The Morgan fingerprint density at radius 3 is 2.62 bits per heavy atom. The van der Waals surface area contributed by atoms with Crippen LogP contribution < -0.4 is 10.6 Å². The third kappa shape index (κ3) is 5.61. The van der Waals surface area contributed by atoms with Crippen molar-refractivity contribution in [3.05, 3.63) is 110 Å². The van der Waals surface area contributed by atoms with Gasteiger partial charge in [-0.25, -0.2) is 4.68 Å². The average Bonchev–Trinajstić information content (AvgIpc) is 3.26. The second kappa shape index (κ2) is 10.7. The van der Waals surface area contributed by atoms with E-state index in [0.29, 0.717) is 27.5 Å². The number of anilines is 2. The van der Waals surface area contributed by atoms with Gasteiger partial charge >= 0.3 is 0 Å². The molecule has 1 atom stereocenters. The molecule has 0 bridgehead atoms. The number of nitrogens with zero attached hydrogens (tertiary/aromatic N) is 3. The van der Waals surface area contributed by atoms with Crippen molar-refractivity contribution in [3.63, 3.8) is 0 Å². The zero-order chi connectivity index (χ0) is 26.1. The Morgan fingerprint density at radius 2 is 1.89 bits per heavy atom. The van der Waals surface area contributed by atoms with Crippen molar-refractivity contribution in [1.82, 2.24) is 14.8 Å². The SMILES string of the molecule is CC1=C(C(=O)Nc2ccc(C)cc2C)[C@@H](c2ccc(Br)cc2)n2nc(SCc3cccc(Cl)c3)nc2N1. The Morgan fingerprint density at radius 1 is 1.11 bits per heavy atom. The summed E-state index contributed by atoms with van der Waals surface area (Å²) in [5, 5.41) is 12.6. The molecule has 0 radical (unpaired) electrons. The van der Waals surface area contributed by atoms with Gasteiger partial charge in [-0.3, -0.25) is 4.79 Å². The molecular weight excluding hydrogens is 570 g/mol. The van der Waals surface area contributed by atoms with Gasteiger partial charge in [0, 0.05) is 26.6 Å². The van der Waals surface area contributed by atoms with E-state index in [0.717, 1.165) is 38.1 Å². The zero-order valence-corrected chi connectivity index (χ0v) is 23.7. The number of thioether (sulfide) groups is 1. The van der Waals surface area contributed by atoms with E-state index in [1.165, 1.54) is 11.8 Å². The molecule has 1 aromatic heterocycles. The molecule has 0 aliphatic carbocycles. The first-order valence-corrected chi connectivity index (χ1v) is 13.9. The molecule has 6 nitrogen and oxygen atoms in total. The molecule has 0 fully saturated rings. The van der Waals surface area contributed by atoms with Crippen LogP contribution in [0.3, 0.4) is 0 Å². The number of benzene rings is 3. The maximum absolute atomic E-state index is 13.7. The van der Waals surface area contributed by atoms with E-state index < -0.39 is 6.04 Å². The van der Waals surface area contributed by atoms with Crippen LogP contribution >= 0.6 is 39.3 Å². The molecule has 5 rings (SSSR count). The predicted molar refractivity (Wildman–Crippen MR) is 154 cm³/mol. The second-order valence-corrected chi connectivity index (χ2v) is 11.3. The number of hydrogen-bond acceptors (Lipinski definition) is 5. The minimum absolute atomic E-state index is 0.181. The number of fused-ring (bicyclic) bond motifs is 1. The number of allylic oxidation sites excluding steroid dienone is 1. The maximum Gasteiger partial charge on any atom is 0.255 e. The van der Waals surface area contributed by atoms with E-state index >= 15 is 0 Å². The Bertz CT molecular complexity index is 1520. The molecule has 1 amide bonds. The number of rotatable bonds is 6. The van der Waals surface area contributed by atoms with Crippen LogP contribution in [0, 0.1) is 13.8 Å². The Kier molecular flexibility index (Phi) is 7.42. The van der Waals surface area contributed by atoms with Gasteiger partial charge in [0.25, 0.3) is 5.91 Å². The van der Waals surface area contributed by atoms with Crippen LogP contribution in [0.2, 0.25) is 5.02 Å². The molecule has 0 saturated carbocycles. The van der Waals surface area contributed by atoms with Gasteiger partial charge < -0.3 is 10.6 Å². The van der Waals surface area contributed by atoms with Crippen molar-refractivity contribution in [2.45, 2.75) is 37.7 Å². The highest BCUT2D eigenvalue weighted by Crippen LogP contribution is 2.37. The van der Waals surface area contributed by atoms with Crippen molar-refractivity contribution >= 4 is 56.8 Å². The highest BCUT2D eigenvalue weighted by Gasteiger charge is 2.34. The molecule has 2 heterocycles. The molecule has 1 aliphatic rings. The second-order valence-electron chi connectivity index (χ2n) is 8.97. The number of aryl methyl sites for hydroxylation is 2. The number of carbonyl (C=O) groups excluding carboxylic acids is 1. The molecule has 0 spiro atoms. The molecule has 1 aliphatic heterocycles. The van der Waals surface area contributed by atoms with Crippen molar-refractivity contribution < 1.29 is 4.79 Å². The summed E-state index contributed by atoms with van der Waals surface area (Å²) in [5.41, 5.74) is 6.29. The van der Waals surface area contributed by atoms with Crippen LogP contribution in [0.15, 0.2) is 87.6 Å². The fraction of sp³-hybridized carbons (Fsp3) is 0.179. The molecule has 2 N–H and O–H groups in total. The number of carbonyl (C=O) groups is 1. The molecule has 3 aromatic carbocycles. The summed E-state index contributed by atoms with van der Waals surface area (Å²) >= 11 is 11.2. The van der Waals surface area contributed by atoms with Crippen molar-refractivity contribution in [3.8, 4) is 0 Å². The Labute approximate surface area is 233 Å². The van der Waals surface area contributed by atoms with Crippen LogP contribution in [0.5, 0.6) is 0 Å². The Hall–Kier alpha value is -3.07. The summed E-state index contributed by atoms with van der Waals surface area (Å²) in [6.45, 7) is 5.93. The normalized spacial score (nSPS) is 14.8. The summed E-state index contributed by atoms with van der Waals surface area (Å²) in [6, 6.07) is 21.2. The number of aromatic nitrogens is 3. The standard InChI is InChI=1S/C28H25BrClN5OS/c1-16-7-12-23(17(2)13-16)32-26(36)24-18(3)31-27-33-28(37-15-19-5-4-6-22(30)14-19)34-35(27)25(24)20-8-10-21(29)11-9-20/h4-14,25H,15H2,1-3H3,(H,32,36)(H,31,33,34)/t25-/m1/s1. The van der Waals surface area contributed by atoms with Crippen molar-refractivity contribution in [2.24, 2.45) is 0 Å². The van der Waals surface area contributed by atoms with Gasteiger partial charge in [0.2, 0.25) is 11.1 Å². The van der Waals surface area contributed by atoms with Gasteiger partial charge in [0.15, 0.2) is 0 Å². The first-order chi connectivity index (χ1) is 17.8. The molecule has 4 aromatic rings. The quantitative estimate of drug-likeness (QED) is 0.226. The van der Waals surface area contributed by atoms with Gasteiger partial charge in [0.05, 0.1) is 5.57 Å². The maximum atomic E-state index is 13.7. The first kappa shape index (κ1) is 25.6. The Balaban J connectivity index is 1.49. The molecule has 188 valence electrons. The highest BCUT2D eigenvalue weighted by molar-refractivity contribution is 9.10. The lowest BCUT2D eigenvalue weighted by atomic mass is 9.95. The minimum atomic E-state index is -0.442. The lowest BCUT2D eigenvalue weighted by Gasteiger charge is -2.29. The topological polar surface area (TPSA) is 71.8 Å². The summed E-state index contributed by atoms with van der Waals surface area (Å²) in [6.07, 6.45) is 0. The van der Waals surface area contributed by atoms with E-state index in [2.05, 4.69) is 32.6 Å². The number of amides is 1. The molecular formula is C28H25BrClN5OS. The van der Waals surface area contributed by atoms with E-state index in [1.807, 2.05) is 81.4 Å². The highest BCUT2D eigenvalue weighted by atomic mass is 79.9. The third-order valence-electron chi connectivity index (χ3n) is 6.15. The van der Waals surface area contributed by atoms with Crippen LogP contribution in [0.1, 0.15) is 35.2 Å². The monoisotopic (exact) mass is 593 g/mol. The predicted octanol–water partition coefficient (Wildman–Crippen LogP) is 7.53.